The van der Waals surface area contributed by atoms with Crippen molar-refractivity contribution in [1.29, 1.82) is 0 Å². The van der Waals surface area contributed by atoms with Crippen molar-refractivity contribution in [3.05, 3.63) is 83.4 Å². The normalized spacial score (nSPS) is 14.2. The van der Waals surface area contributed by atoms with Crippen LogP contribution in [0.4, 0.5) is 9.18 Å². The van der Waals surface area contributed by atoms with Gasteiger partial charge in [0.2, 0.25) is 0 Å². The zero-order valence-corrected chi connectivity index (χ0v) is 25.9. The number of nitrogens with zero attached hydrogens (tertiary/aromatic N) is 2. The van der Waals surface area contributed by atoms with Gasteiger partial charge in [0.15, 0.2) is 17.2 Å². The molecule has 2 aromatic carbocycles. The first-order chi connectivity index (χ1) is 20.8. The number of halogens is 1. The molecule has 1 atom stereocenters. The lowest BCUT2D eigenvalue weighted by atomic mass is 10.1. The molecule has 0 saturated heterocycles. The highest BCUT2D eigenvalue weighted by atomic mass is 32.2. The van der Waals surface area contributed by atoms with Gasteiger partial charge in [0, 0.05) is 18.8 Å². The fourth-order valence-electron chi connectivity index (χ4n) is 4.81. The number of methoxy groups -OCH3 is 1. The van der Waals surface area contributed by atoms with Crippen LogP contribution < -0.4 is 10.1 Å². The van der Waals surface area contributed by atoms with Crippen LogP contribution in [0.25, 0.3) is 11.0 Å². The largest absolute Gasteiger partial charge is 0.467 e. The summed E-state index contributed by atoms with van der Waals surface area (Å²) in [6.45, 7) is 6.95. The highest BCUT2D eigenvalue weighted by Crippen LogP contribution is 2.47. The van der Waals surface area contributed by atoms with E-state index in [1.807, 2.05) is 6.92 Å². The van der Waals surface area contributed by atoms with E-state index in [0.717, 1.165) is 27.9 Å². The number of amides is 1. The molecule has 4 aromatic rings. The first-order valence-corrected chi connectivity index (χ1v) is 15.6. The molecule has 44 heavy (non-hydrogen) atoms. The topological polar surface area (TPSA) is 126 Å². The number of ether oxygens (including phenoxy) is 3. The number of aryl methyl sites for hydroxylation is 1. The lowest BCUT2D eigenvalue weighted by molar-refractivity contribution is -0.143. The third-order valence-corrected chi connectivity index (χ3v) is 8.74. The summed E-state index contributed by atoms with van der Waals surface area (Å²) in [5.41, 5.74) is 1.51. The highest BCUT2D eigenvalue weighted by Gasteiger charge is 2.33. The van der Waals surface area contributed by atoms with Gasteiger partial charge < -0.3 is 19.5 Å². The molecule has 1 saturated carbocycles. The smallest absolute Gasteiger partial charge is 0.408 e. The summed E-state index contributed by atoms with van der Waals surface area (Å²) >= 11 is 0. The number of nitrogens with one attached hydrogen (secondary N) is 1. The lowest BCUT2D eigenvalue weighted by Crippen LogP contribution is -2.45. The van der Waals surface area contributed by atoms with Crippen LogP contribution in [0.1, 0.15) is 56.2 Å². The molecule has 1 unspecified atom stereocenters. The van der Waals surface area contributed by atoms with Crippen molar-refractivity contribution in [3.8, 4) is 11.5 Å². The molecule has 2 aromatic heterocycles. The minimum Gasteiger partial charge on any atom is -0.467 e. The van der Waals surface area contributed by atoms with Crippen molar-refractivity contribution in [3.63, 3.8) is 0 Å². The zero-order valence-electron chi connectivity index (χ0n) is 25.1. The molecule has 1 fully saturated rings. The van der Waals surface area contributed by atoms with Crippen molar-refractivity contribution in [2.75, 3.05) is 7.11 Å². The van der Waals surface area contributed by atoms with E-state index in [-0.39, 0.29) is 34.4 Å². The van der Waals surface area contributed by atoms with Gasteiger partial charge in [0.05, 0.1) is 17.4 Å². The number of hydrogen-bond acceptors (Lipinski definition) is 8. The van der Waals surface area contributed by atoms with Gasteiger partial charge in [0.25, 0.3) is 10.0 Å². The van der Waals surface area contributed by atoms with Crippen LogP contribution in [0.5, 0.6) is 11.5 Å². The summed E-state index contributed by atoms with van der Waals surface area (Å²) in [5, 5.41) is 2.97. The number of benzene rings is 2. The summed E-state index contributed by atoms with van der Waals surface area (Å²) in [6, 6.07) is 11.2. The van der Waals surface area contributed by atoms with Gasteiger partial charge in [-0.25, -0.2) is 31.4 Å². The number of hydrogen-bond donors (Lipinski definition) is 1. The molecule has 2 heterocycles. The van der Waals surface area contributed by atoms with E-state index in [1.54, 1.807) is 63.4 Å². The van der Waals surface area contributed by atoms with Crippen molar-refractivity contribution in [2.24, 2.45) is 0 Å². The van der Waals surface area contributed by atoms with Crippen LogP contribution in [0.2, 0.25) is 0 Å². The molecule has 1 N–H and O–H groups in total. The van der Waals surface area contributed by atoms with E-state index in [2.05, 4.69) is 10.3 Å². The molecule has 10 nitrogen and oxygen atoms in total. The van der Waals surface area contributed by atoms with E-state index < -0.39 is 39.5 Å². The van der Waals surface area contributed by atoms with Crippen molar-refractivity contribution in [2.45, 2.75) is 69.4 Å². The second-order valence-corrected chi connectivity index (χ2v) is 13.6. The Labute approximate surface area is 255 Å². The highest BCUT2D eigenvalue weighted by molar-refractivity contribution is 7.90. The fourth-order valence-corrected chi connectivity index (χ4v) is 6.14. The SMILES string of the molecule is COC(=O)C(Cc1ccc(Oc2ccnc3c2c(C2CC2)cn3S(=O)(=O)c2ccc(C)cc2)c(F)c1)NC(=O)OC(C)(C)C. The summed E-state index contributed by atoms with van der Waals surface area (Å²) in [4.78, 5) is 29.1. The number of rotatable bonds is 9. The van der Waals surface area contributed by atoms with Gasteiger partial charge in [-0.2, -0.15) is 0 Å². The van der Waals surface area contributed by atoms with Gasteiger partial charge in [-0.3, -0.25) is 0 Å². The molecule has 0 spiro atoms. The Bertz CT molecular complexity index is 1830. The Morgan fingerprint density at radius 1 is 1.09 bits per heavy atom. The molecule has 1 amide bonds. The minimum atomic E-state index is -3.96. The van der Waals surface area contributed by atoms with Crippen molar-refractivity contribution < 1.29 is 36.6 Å². The summed E-state index contributed by atoms with van der Waals surface area (Å²) < 4.78 is 59.9. The van der Waals surface area contributed by atoms with Crippen LogP contribution in [-0.4, -0.2) is 48.2 Å². The van der Waals surface area contributed by atoms with Gasteiger partial charge in [-0.05, 0) is 87.9 Å². The van der Waals surface area contributed by atoms with E-state index in [1.165, 1.54) is 25.4 Å². The first kappa shape index (κ1) is 31.0. The Morgan fingerprint density at radius 2 is 1.80 bits per heavy atom. The van der Waals surface area contributed by atoms with Gasteiger partial charge in [-0.1, -0.05) is 23.8 Å². The summed E-state index contributed by atoms with van der Waals surface area (Å²) in [7, 11) is -2.77. The van der Waals surface area contributed by atoms with E-state index in [4.69, 9.17) is 14.2 Å². The summed E-state index contributed by atoms with van der Waals surface area (Å²) in [5.74, 6) is -1.13. The molecule has 1 aliphatic rings. The van der Waals surface area contributed by atoms with Crippen LogP contribution in [0.3, 0.4) is 0 Å². The Kier molecular flexibility index (Phi) is 8.39. The minimum absolute atomic E-state index is 0.0613. The van der Waals surface area contributed by atoms with Gasteiger partial charge in [0.1, 0.15) is 17.4 Å². The van der Waals surface area contributed by atoms with Gasteiger partial charge >= 0.3 is 12.1 Å². The Morgan fingerprint density at radius 3 is 2.41 bits per heavy atom. The Balaban J connectivity index is 1.44. The predicted octanol–water partition coefficient (Wildman–Crippen LogP) is 6.00. The van der Waals surface area contributed by atoms with Crippen LogP contribution in [0.15, 0.2) is 65.8 Å². The molecule has 0 aliphatic heterocycles. The maximum atomic E-state index is 15.4. The molecular weight excluding hydrogens is 589 g/mol. The number of carbonyl (C=O) groups excluding carboxylic acids is 2. The first-order valence-electron chi connectivity index (χ1n) is 14.1. The van der Waals surface area contributed by atoms with Crippen LogP contribution in [-0.2, 0) is 30.7 Å². The van der Waals surface area contributed by atoms with Crippen LogP contribution >= 0.6 is 0 Å². The Hall–Kier alpha value is -4.45. The van der Waals surface area contributed by atoms with E-state index >= 15 is 4.39 Å². The number of alkyl carbamates (subject to hydrolysis) is 1. The molecule has 5 rings (SSSR count). The van der Waals surface area contributed by atoms with Crippen LogP contribution in [0, 0.1) is 12.7 Å². The fraction of sp³-hybridized carbons (Fsp3) is 0.344. The summed E-state index contributed by atoms with van der Waals surface area (Å²) in [6.07, 6.45) is 3.91. The maximum Gasteiger partial charge on any atom is 0.408 e. The molecule has 1 aliphatic carbocycles. The monoisotopic (exact) mass is 623 g/mol. The average molecular weight is 624 g/mol. The predicted molar refractivity (Wildman–Crippen MR) is 161 cm³/mol. The quantitative estimate of drug-likeness (QED) is 0.225. The van der Waals surface area contributed by atoms with Crippen molar-refractivity contribution >= 4 is 33.1 Å². The third-order valence-electron chi connectivity index (χ3n) is 7.07. The second kappa shape index (κ2) is 11.9. The van der Waals surface area contributed by atoms with E-state index in [0.29, 0.717) is 10.9 Å². The number of esters is 1. The standard InChI is InChI=1S/C32H34FN3O7S/c1-19-6-11-22(12-7-19)44(39,40)36-18-23(21-9-10-21)28-27(14-15-34-29(28)36)42-26-13-8-20(16-24(26)33)17-25(30(37)41-5)35-31(38)43-32(2,3)4/h6-8,11-16,18,21,25H,9-10,17H2,1-5H3,(H,35,38). The molecular formula is C32H34FN3O7S. The molecule has 12 heteroatoms. The zero-order chi connectivity index (χ0) is 31.8. The van der Waals surface area contributed by atoms with Crippen molar-refractivity contribution in [1.82, 2.24) is 14.3 Å². The lowest BCUT2D eigenvalue weighted by Gasteiger charge is -2.22. The number of aromatic nitrogens is 2. The maximum absolute atomic E-state index is 15.4. The number of pyridine rings is 1. The average Bonchev–Trinajstić information content (AvgIpc) is 3.72. The third kappa shape index (κ3) is 6.70. The number of fused-ring (bicyclic) bond motifs is 1. The number of carbonyl (C=O) groups is 2. The van der Waals surface area contributed by atoms with Gasteiger partial charge in [-0.15, -0.1) is 0 Å². The second-order valence-electron chi connectivity index (χ2n) is 11.8. The molecule has 0 radical (unpaired) electrons. The van der Waals surface area contributed by atoms with E-state index in [9.17, 15) is 18.0 Å². The molecule has 0 bridgehead atoms. The molecule has 232 valence electrons.